The van der Waals surface area contributed by atoms with Crippen LogP contribution in [0.2, 0.25) is 10.0 Å². The molecule has 7 nitrogen and oxygen atoms in total. The minimum atomic E-state index is -1.18. The monoisotopic (exact) mass is 548 g/mol. The van der Waals surface area contributed by atoms with E-state index in [1.807, 2.05) is 0 Å². The Morgan fingerprint density at radius 1 is 1.17 bits per heavy atom. The minimum absolute atomic E-state index is 0.0173. The van der Waals surface area contributed by atoms with Crippen LogP contribution >= 0.6 is 34.5 Å². The van der Waals surface area contributed by atoms with Crippen molar-refractivity contribution in [3.63, 3.8) is 0 Å². The highest BCUT2D eigenvalue weighted by atomic mass is 35.5. The second-order valence-electron chi connectivity index (χ2n) is 7.94. The number of aryl methyl sites for hydroxylation is 2. The molecule has 186 valence electrons. The standard InChI is InChI=1S/C25H19Cl2FN2O5S/c1-4-35-24(34)22-12(3)29-25(36-22)30-19(13-7-8-15(26)16(27)9-13)18(21(32)23(30)33)20(31)14-6-5-11(2)17(28)10-14/h5-10,19,31H,4H2,1-3H3/b20-18-. The minimum Gasteiger partial charge on any atom is -0.507 e. The molecule has 0 radical (unpaired) electrons. The van der Waals surface area contributed by atoms with Crippen molar-refractivity contribution >= 4 is 63.1 Å². The summed E-state index contributed by atoms with van der Waals surface area (Å²) in [5, 5.41) is 11.6. The molecule has 0 saturated carbocycles. The lowest BCUT2D eigenvalue weighted by molar-refractivity contribution is -0.132. The summed E-state index contributed by atoms with van der Waals surface area (Å²) in [7, 11) is 0. The molecule has 0 aliphatic carbocycles. The van der Waals surface area contributed by atoms with Gasteiger partial charge < -0.3 is 9.84 Å². The first-order valence-electron chi connectivity index (χ1n) is 10.7. The number of nitrogens with zero attached hydrogens (tertiary/aromatic N) is 2. The quantitative estimate of drug-likeness (QED) is 0.181. The SMILES string of the molecule is CCOC(=O)c1sc(N2C(=O)C(=O)/C(=C(\O)c3ccc(C)c(F)c3)C2c2ccc(Cl)c(Cl)c2)nc1C. The Kier molecular flexibility index (Phi) is 7.17. The number of Topliss-reactive ketones (excluding diaryl/α,β-unsaturated/α-hetero) is 1. The van der Waals surface area contributed by atoms with E-state index in [1.54, 1.807) is 26.8 Å². The Morgan fingerprint density at radius 3 is 2.53 bits per heavy atom. The number of hydrogen-bond donors (Lipinski definition) is 1. The molecule has 3 aromatic rings. The van der Waals surface area contributed by atoms with Gasteiger partial charge in [-0.3, -0.25) is 14.5 Å². The van der Waals surface area contributed by atoms with Crippen LogP contribution in [0.3, 0.4) is 0 Å². The lowest BCUT2D eigenvalue weighted by Gasteiger charge is -2.23. The third-order valence-electron chi connectivity index (χ3n) is 5.60. The van der Waals surface area contributed by atoms with Crippen molar-refractivity contribution in [1.82, 2.24) is 4.98 Å². The topological polar surface area (TPSA) is 96.8 Å². The average molecular weight is 549 g/mol. The molecule has 1 N–H and O–H groups in total. The highest BCUT2D eigenvalue weighted by Crippen LogP contribution is 2.45. The van der Waals surface area contributed by atoms with Gasteiger partial charge in [0.1, 0.15) is 16.5 Å². The molecule has 1 amide bonds. The van der Waals surface area contributed by atoms with Crippen molar-refractivity contribution in [2.24, 2.45) is 0 Å². The number of amides is 1. The van der Waals surface area contributed by atoms with Gasteiger partial charge in [-0.15, -0.1) is 0 Å². The third kappa shape index (κ3) is 4.50. The molecular formula is C25H19Cl2FN2O5S. The maximum atomic E-state index is 14.3. The van der Waals surface area contributed by atoms with Gasteiger partial charge in [0.15, 0.2) is 5.13 Å². The molecule has 1 atom stereocenters. The number of aliphatic hydroxyl groups excluding tert-OH is 1. The van der Waals surface area contributed by atoms with Crippen LogP contribution in [0.15, 0.2) is 42.0 Å². The molecule has 1 aliphatic rings. The second kappa shape index (κ2) is 10.0. The van der Waals surface area contributed by atoms with Crippen molar-refractivity contribution in [3.8, 4) is 0 Å². The van der Waals surface area contributed by atoms with Crippen LogP contribution in [0.5, 0.6) is 0 Å². The molecule has 0 spiro atoms. The van der Waals surface area contributed by atoms with Gasteiger partial charge in [-0.1, -0.05) is 52.7 Å². The third-order valence-corrected chi connectivity index (χ3v) is 7.48. The zero-order valence-electron chi connectivity index (χ0n) is 19.3. The van der Waals surface area contributed by atoms with Crippen LogP contribution < -0.4 is 4.90 Å². The van der Waals surface area contributed by atoms with Crippen LogP contribution in [-0.4, -0.2) is 34.4 Å². The predicted molar refractivity (Wildman–Crippen MR) is 135 cm³/mol. The number of esters is 1. The molecular weight excluding hydrogens is 530 g/mol. The molecule has 36 heavy (non-hydrogen) atoms. The lowest BCUT2D eigenvalue weighted by atomic mass is 9.95. The number of ether oxygens (including phenoxy) is 1. The molecule has 1 aromatic heterocycles. The van der Waals surface area contributed by atoms with E-state index >= 15 is 0 Å². The number of halogens is 3. The van der Waals surface area contributed by atoms with E-state index in [1.165, 1.54) is 24.3 Å². The van der Waals surface area contributed by atoms with Crippen LogP contribution in [-0.2, 0) is 14.3 Å². The molecule has 4 rings (SSSR count). The molecule has 1 aliphatic heterocycles. The van der Waals surface area contributed by atoms with Gasteiger partial charge in [-0.2, -0.15) is 0 Å². The van der Waals surface area contributed by atoms with Gasteiger partial charge in [0, 0.05) is 5.56 Å². The highest BCUT2D eigenvalue weighted by molar-refractivity contribution is 7.17. The Morgan fingerprint density at radius 2 is 1.89 bits per heavy atom. The van der Waals surface area contributed by atoms with Crippen LogP contribution in [0.1, 0.15) is 45.0 Å². The van der Waals surface area contributed by atoms with E-state index < -0.39 is 35.3 Å². The number of rotatable bonds is 5. The molecule has 1 fully saturated rings. The average Bonchev–Trinajstić information content (AvgIpc) is 3.34. The number of thiazole rings is 1. The molecule has 11 heteroatoms. The van der Waals surface area contributed by atoms with E-state index in [2.05, 4.69) is 4.98 Å². The predicted octanol–water partition coefficient (Wildman–Crippen LogP) is 6.01. The summed E-state index contributed by atoms with van der Waals surface area (Å²) in [5.41, 5.74) is 0.737. The summed E-state index contributed by atoms with van der Waals surface area (Å²) in [4.78, 5) is 44.5. The van der Waals surface area contributed by atoms with Crippen molar-refractivity contribution < 1.29 is 28.6 Å². The van der Waals surface area contributed by atoms with Crippen molar-refractivity contribution in [3.05, 3.63) is 85.1 Å². The van der Waals surface area contributed by atoms with Gasteiger partial charge in [0.25, 0.3) is 5.78 Å². The molecule has 1 saturated heterocycles. The van der Waals surface area contributed by atoms with Crippen molar-refractivity contribution in [1.29, 1.82) is 0 Å². The van der Waals surface area contributed by atoms with Gasteiger partial charge in [-0.25, -0.2) is 14.2 Å². The number of hydrogen-bond acceptors (Lipinski definition) is 7. The molecule has 0 bridgehead atoms. The summed E-state index contributed by atoms with van der Waals surface area (Å²) in [6, 6.07) is 7.30. The Labute approximate surface area is 219 Å². The van der Waals surface area contributed by atoms with E-state index in [0.29, 0.717) is 16.8 Å². The number of benzene rings is 2. The molecule has 2 aromatic carbocycles. The first kappa shape index (κ1) is 25.8. The normalized spacial score (nSPS) is 17.1. The molecule has 2 heterocycles. The first-order valence-corrected chi connectivity index (χ1v) is 12.3. The van der Waals surface area contributed by atoms with Crippen LogP contribution in [0.25, 0.3) is 5.76 Å². The number of aliphatic hydroxyl groups is 1. The maximum absolute atomic E-state index is 14.3. The Hall–Kier alpha value is -3.27. The number of anilines is 1. The number of aromatic nitrogens is 1. The number of carbonyl (C=O) groups excluding carboxylic acids is 3. The van der Waals surface area contributed by atoms with Gasteiger partial charge in [0.05, 0.1) is 34.0 Å². The van der Waals surface area contributed by atoms with E-state index in [9.17, 15) is 23.9 Å². The highest BCUT2D eigenvalue weighted by Gasteiger charge is 2.48. The fraction of sp³-hybridized carbons (Fsp3) is 0.200. The summed E-state index contributed by atoms with van der Waals surface area (Å²) in [5.74, 6) is -3.75. The van der Waals surface area contributed by atoms with Crippen molar-refractivity contribution in [2.75, 3.05) is 11.5 Å². The summed E-state index contributed by atoms with van der Waals surface area (Å²) < 4.78 is 19.3. The smallest absolute Gasteiger partial charge is 0.350 e. The number of carbonyl (C=O) groups is 3. The zero-order chi connectivity index (χ0) is 26.3. The van der Waals surface area contributed by atoms with Crippen LogP contribution in [0.4, 0.5) is 9.52 Å². The fourth-order valence-electron chi connectivity index (χ4n) is 3.79. The molecule has 1 unspecified atom stereocenters. The second-order valence-corrected chi connectivity index (χ2v) is 9.73. The summed E-state index contributed by atoms with van der Waals surface area (Å²) >= 11 is 13.2. The summed E-state index contributed by atoms with van der Waals surface area (Å²) in [6.45, 7) is 4.93. The van der Waals surface area contributed by atoms with E-state index in [4.69, 9.17) is 27.9 Å². The fourth-order valence-corrected chi connectivity index (χ4v) is 5.09. The zero-order valence-corrected chi connectivity index (χ0v) is 21.6. The van der Waals surface area contributed by atoms with Gasteiger partial charge in [-0.05, 0) is 50.1 Å². The first-order chi connectivity index (χ1) is 17.0. The summed E-state index contributed by atoms with van der Waals surface area (Å²) in [6.07, 6.45) is 0. The maximum Gasteiger partial charge on any atom is 0.350 e. The number of ketones is 1. The van der Waals surface area contributed by atoms with Gasteiger partial charge in [0.2, 0.25) is 0 Å². The van der Waals surface area contributed by atoms with E-state index in [0.717, 1.165) is 22.3 Å². The largest absolute Gasteiger partial charge is 0.507 e. The lowest BCUT2D eigenvalue weighted by Crippen LogP contribution is -2.29. The van der Waals surface area contributed by atoms with Gasteiger partial charge >= 0.3 is 11.9 Å². The van der Waals surface area contributed by atoms with Crippen LogP contribution in [0, 0.1) is 19.7 Å². The van der Waals surface area contributed by atoms with Crippen molar-refractivity contribution in [2.45, 2.75) is 26.8 Å². The van der Waals surface area contributed by atoms with E-state index in [-0.39, 0.29) is 37.8 Å². The Balaban J connectivity index is 1.94. The Bertz CT molecular complexity index is 1450.